The van der Waals surface area contributed by atoms with E-state index in [1.54, 1.807) is 0 Å². The average molecular weight is 274 g/mol. The molecule has 1 aliphatic carbocycles. The zero-order valence-electron chi connectivity index (χ0n) is 13.4. The van der Waals surface area contributed by atoms with Crippen molar-refractivity contribution in [3.8, 4) is 0 Å². The van der Waals surface area contributed by atoms with Gasteiger partial charge < -0.3 is 5.32 Å². The Morgan fingerprint density at radius 1 is 1.35 bits per heavy atom. The van der Waals surface area contributed by atoms with Gasteiger partial charge in [0.25, 0.3) is 0 Å². The monoisotopic (exact) mass is 274 g/mol. The topological polar surface area (TPSA) is 24.9 Å². The first kappa shape index (κ1) is 15.5. The van der Waals surface area contributed by atoms with Crippen LogP contribution in [0.15, 0.2) is 24.5 Å². The summed E-state index contributed by atoms with van der Waals surface area (Å²) in [6.45, 7) is 9.44. The van der Waals surface area contributed by atoms with Gasteiger partial charge in [0, 0.05) is 12.4 Å². The molecule has 112 valence electrons. The second-order valence-electron chi connectivity index (χ2n) is 7.20. The van der Waals surface area contributed by atoms with Gasteiger partial charge >= 0.3 is 0 Å². The molecule has 1 aromatic rings. The van der Waals surface area contributed by atoms with Crippen molar-refractivity contribution in [3.63, 3.8) is 0 Å². The highest BCUT2D eigenvalue weighted by Gasteiger charge is 2.34. The number of nitrogens with zero attached hydrogens (tertiary/aromatic N) is 1. The SMILES string of the molecule is CCCNCC1CCC(C)(C)CC1Cc1cccnc1. The molecule has 0 spiro atoms. The van der Waals surface area contributed by atoms with Crippen LogP contribution in [0.1, 0.15) is 52.0 Å². The third kappa shape index (κ3) is 4.59. The Morgan fingerprint density at radius 3 is 2.90 bits per heavy atom. The molecular formula is C18H30N2. The molecule has 2 unspecified atom stereocenters. The van der Waals surface area contributed by atoms with E-state index in [9.17, 15) is 0 Å². The Kier molecular flexibility index (Phi) is 5.59. The van der Waals surface area contributed by atoms with Crippen molar-refractivity contribution in [2.24, 2.45) is 17.3 Å². The molecule has 2 heteroatoms. The van der Waals surface area contributed by atoms with E-state index < -0.39 is 0 Å². The second-order valence-corrected chi connectivity index (χ2v) is 7.20. The number of hydrogen-bond acceptors (Lipinski definition) is 2. The number of pyridine rings is 1. The van der Waals surface area contributed by atoms with Crippen molar-refractivity contribution < 1.29 is 0 Å². The molecule has 2 nitrogen and oxygen atoms in total. The van der Waals surface area contributed by atoms with Crippen molar-refractivity contribution >= 4 is 0 Å². The lowest BCUT2D eigenvalue weighted by Crippen LogP contribution is -2.37. The van der Waals surface area contributed by atoms with E-state index in [0.717, 1.165) is 18.4 Å². The third-order valence-corrected chi connectivity index (χ3v) is 4.73. The zero-order valence-corrected chi connectivity index (χ0v) is 13.4. The van der Waals surface area contributed by atoms with Crippen LogP contribution in [0.2, 0.25) is 0 Å². The van der Waals surface area contributed by atoms with Gasteiger partial charge in [-0.3, -0.25) is 4.98 Å². The minimum Gasteiger partial charge on any atom is -0.316 e. The van der Waals surface area contributed by atoms with Gasteiger partial charge in [0.2, 0.25) is 0 Å². The van der Waals surface area contributed by atoms with Gasteiger partial charge in [-0.05, 0) is 74.1 Å². The van der Waals surface area contributed by atoms with Gasteiger partial charge in [0.1, 0.15) is 0 Å². The molecule has 0 radical (unpaired) electrons. The van der Waals surface area contributed by atoms with E-state index >= 15 is 0 Å². The van der Waals surface area contributed by atoms with Crippen LogP contribution in [-0.4, -0.2) is 18.1 Å². The van der Waals surface area contributed by atoms with Gasteiger partial charge in [-0.15, -0.1) is 0 Å². The van der Waals surface area contributed by atoms with Crippen LogP contribution in [0, 0.1) is 17.3 Å². The van der Waals surface area contributed by atoms with Crippen molar-refractivity contribution in [1.29, 1.82) is 0 Å². The zero-order chi connectivity index (χ0) is 14.4. The van der Waals surface area contributed by atoms with Gasteiger partial charge in [-0.1, -0.05) is 26.8 Å². The third-order valence-electron chi connectivity index (χ3n) is 4.73. The standard InChI is InChI=1S/C18H30N2/c1-4-9-19-14-16-7-8-18(2,3)12-17(16)11-15-6-5-10-20-13-15/h5-6,10,13,16-17,19H,4,7-9,11-12,14H2,1-3H3. The first-order valence-electron chi connectivity index (χ1n) is 8.20. The van der Waals surface area contributed by atoms with Crippen LogP contribution in [-0.2, 0) is 6.42 Å². The van der Waals surface area contributed by atoms with Crippen LogP contribution in [0.4, 0.5) is 0 Å². The van der Waals surface area contributed by atoms with E-state index in [4.69, 9.17) is 0 Å². The summed E-state index contributed by atoms with van der Waals surface area (Å²) >= 11 is 0. The molecule has 1 saturated carbocycles. The quantitative estimate of drug-likeness (QED) is 0.791. The van der Waals surface area contributed by atoms with Gasteiger partial charge in [0.15, 0.2) is 0 Å². The minimum atomic E-state index is 0.508. The molecule has 2 atom stereocenters. The van der Waals surface area contributed by atoms with Crippen LogP contribution >= 0.6 is 0 Å². The minimum absolute atomic E-state index is 0.508. The average Bonchev–Trinajstić information content (AvgIpc) is 2.42. The Bertz CT molecular complexity index is 386. The highest BCUT2D eigenvalue weighted by Crippen LogP contribution is 2.42. The highest BCUT2D eigenvalue weighted by molar-refractivity contribution is 5.10. The molecular weight excluding hydrogens is 244 g/mol. The molecule has 1 heterocycles. The second kappa shape index (κ2) is 7.21. The maximum Gasteiger partial charge on any atom is 0.0299 e. The molecule has 1 aromatic heterocycles. The summed E-state index contributed by atoms with van der Waals surface area (Å²) in [7, 11) is 0. The lowest BCUT2D eigenvalue weighted by atomic mass is 9.65. The Balaban J connectivity index is 1.98. The molecule has 0 saturated heterocycles. The smallest absolute Gasteiger partial charge is 0.0299 e. The molecule has 1 fully saturated rings. The Morgan fingerprint density at radius 2 is 2.20 bits per heavy atom. The van der Waals surface area contributed by atoms with Crippen molar-refractivity contribution in [3.05, 3.63) is 30.1 Å². The lowest BCUT2D eigenvalue weighted by molar-refractivity contribution is 0.116. The molecule has 0 aliphatic heterocycles. The van der Waals surface area contributed by atoms with Crippen LogP contribution < -0.4 is 5.32 Å². The molecule has 0 bridgehead atoms. The fourth-order valence-electron chi connectivity index (χ4n) is 3.58. The highest BCUT2D eigenvalue weighted by atomic mass is 14.9. The number of nitrogens with one attached hydrogen (secondary N) is 1. The summed E-state index contributed by atoms with van der Waals surface area (Å²) < 4.78 is 0. The summed E-state index contributed by atoms with van der Waals surface area (Å²) in [5, 5.41) is 3.63. The Hall–Kier alpha value is -0.890. The van der Waals surface area contributed by atoms with Crippen LogP contribution in [0.25, 0.3) is 0 Å². The van der Waals surface area contributed by atoms with Gasteiger partial charge in [-0.25, -0.2) is 0 Å². The summed E-state index contributed by atoms with van der Waals surface area (Å²) in [6.07, 6.45) is 10.4. The van der Waals surface area contributed by atoms with E-state index in [1.807, 2.05) is 12.4 Å². The van der Waals surface area contributed by atoms with E-state index in [1.165, 1.54) is 44.2 Å². The van der Waals surface area contributed by atoms with E-state index in [2.05, 4.69) is 43.2 Å². The predicted octanol–water partition coefficient (Wildman–Crippen LogP) is 4.07. The van der Waals surface area contributed by atoms with Gasteiger partial charge in [0.05, 0.1) is 0 Å². The number of aromatic nitrogens is 1. The van der Waals surface area contributed by atoms with Crippen molar-refractivity contribution in [2.75, 3.05) is 13.1 Å². The predicted molar refractivity (Wildman–Crippen MR) is 85.7 cm³/mol. The molecule has 2 rings (SSSR count). The molecule has 20 heavy (non-hydrogen) atoms. The maximum atomic E-state index is 4.27. The van der Waals surface area contributed by atoms with Gasteiger partial charge in [-0.2, -0.15) is 0 Å². The number of rotatable bonds is 6. The normalized spacial score (nSPS) is 25.6. The molecule has 1 N–H and O–H groups in total. The maximum absolute atomic E-state index is 4.27. The summed E-state index contributed by atoms with van der Waals surface area (Å²) in [4.78, 5) is 4.27. The fraction of sp³-hybridized carbons (Fsp3) is 0.722. The lowest BCUT2D eigenvalue weighted by Gasteiger charge is -2.41. The summed E-state index contributed by atoms with van der Waals surface area (Å²) in [5.41, 5.74) is 1.91. The summed E-state index contributed by atoms with van der Waals surface area (Å²) in [5.74, 6) is 1.63. The summed E-state index contributed by atoms with van der Waals surface area (Å²) in [6, 6.07) is 4.29. The number of hydrogen-bond donors (Lipinski definition) is 1. The fourth-order valence-corrected chi connectivity index (χ4v) is 3.58. The first-order chi connectivity index (χ1) is 9.61. The molecule has 0 aromatic carbocycles. The molecule has 0 amide bonds. The first-order valence-corrected chi connectivity index (χ1v) is 8.20. The van der Waals surface area contributed by atoms with E-state index in [0.29, 0.717) is 5.41 Å². The van der Waals surface area contributed by atoms with E-state index in [-0.39, 0.29) is 0 Å². The largest absolute Gasteiger partial charge is 0.316 e. The van der Waals surface area contributed by atoms with Crippen molar-refractivity contribution in [1.82, 2.24) is 10.3 Å². The Labute approximate surface area is 124 Å². The van der Waals surface area contributed by atoms with Crippen LogP contribution in [0.5, 0.6) is 0 Å². The van der Waals surface area contributed by atoms with Crippen molar-refractivity contribution in [2.45, 2.75) is 52.9 Å². The van der Waals surface area contributed by atoms with Crippen LogP contribution in [0.3, 0.4) is 0 Å². The molecule has 1 aliphatic rings.